The van der Waals surface area contributed by atoms with Crippen LogP contribution in [0.5, 0.6) is 0 Å². The van der Waals surface area contributed by atoms with Gasteiger partial charge in [0.1, 0.15) is 5.82 Å². The first kappa shape index (κ1) is 18.1. The van der Waals surface area contributed by atoms with Crippen LogP contribution in [0.1, 0.15) is 31.2 Å². The van der Waals surface area contributed by atoms with Crippen LogP contribution in [0, 0.1) is 12.7 Å². The third kappa shape index (κ3) is 5.16. The molecule has 0 bridgehead atoms. The Kier molecular flexibility index (Phi) is 5.91. The molecule has 3 rings (SSSR count). The van der Waals surface area contributed by atoms with E-state index in [1.807, 2.05) is 6.92 Å². The number of hydrogen-bond acceptors (Lipinski definition) is 3. The lowest BCUT2D eigenvalue weighted by atomic mass is 9.98. The second kappa shape index (κ2) is 8.15. The number of urea groups is 1. The minimum absolute atomic E-state index is 0.192. The molecule has 2 aliphatic heterocycles. The summed E-state index contributed by atoms with van der Waals surface area (Å²) >= 11 is 0. The van der Waals surface area contributed by atoms with E-state index >= 15 is 0 Å². The van der Waals surface area contributed by atoms with Gasteiger partial charge in [-0.15, -0.1) is 0 Å². The van der Waals surface area contributed by atoms with E-state index in [2.05, 4.69) is 27.5 Å². The second-order valence-electron chi connectivity index (χ2n) is 7.46. The highest BCUT2D eigenvalue weighted by atomic mass is 19.1. The molecule has 0 atom stereocenters. The van der Waals surface area contributed by atoms with Crippen molar-refractivity contribution in [1.29, 1.82) is 0 Å². The summed E-state index contributed by atoms with van der Waals surface area (Å²) < 4.78 is 13.4. The van der Waals surface area contributed by atoms with Gasteiger partial charge in [0.2, 0.25) is 0 Å². The summed E-state index contributed by atoms with van der Waals surface area (Å²) in [6.07, 6.45) is 4.44. The van der Waals surface area contributed by atoms with Crippen molar-refractivity contribution in [2.45, 2.75) is 44.7 Å². The number of rotatable bonds is 3. The van der Waals surface area contributed by atoms with E-state index in [9.17, 15) is 9.18 Å². The Morgan fingerprint density at radius 3 is 2.40 bits per heavy atom. The van der Waals surface area contributed by atoms with Crippen molar-refractivity contribution in [1.82, 2.24) is 15.1 Å². The number of benzene rings is 1. The highest BCUT2D eigenvalue weighted by Crippen LogP contribution is 2.21. The molecule has 0 spiro atoms. The third-order valence-corrected chi connectivity index (χ3v) is 5.37. The molecule has 0 aromatic heterocycles. The highest BCUT2D eigenvalue weighted by molar-refractivity contribution is 5.89. The molecule has 138 valence electrons. The molecule has 25 heavy (non-hydrogen) atoms. The van der Waals surface area contributed by atoms with Gasteiger partial charge in [0, 0.05) is 30.9 Å². The van der Waals surface area contributed by atoms with Crippen molar-refractivity contribution in [2.75, 3.05) is 38.5 Å². The summed E-state index contributed by atoms with van der Waals surface area (Å²) in [4.78, 5) is 17.1. The molecular weight excluding hydrogens is 319 g/mol. The van der Waals surface area contributed by atoms with Crippen molar-refractivity contribution >= 4 is 11.7 Å². The van der Waals surface area contributed by atoms with E-state index in [1.54, 1.807) is 6.07 Å². The lowest BCUT2D eigenvalue weighted by molar-refractivity contribution is 0.0938. The molecular formula is C19H29FN4O. The minimum atomic E-state index is -0.332. The van der Waals surface area contributed by atoms with E-state index in [0.29, 0.717) is 11.7 Å². The largest absolute Gasteiger partial charge is 0.335 e. The number of aryl methyl sites for hydroxylation is 1. The first-order chi connectivity index (χ1) is 12.0. The van der Waals surface area contributed by atoms with Crippen molar-refractivity contribution in [2.24, 2.45) is 0 Å². The van der Waals surface area contributed by atoms with Gasteiger partial charge >= 0.3 is 6.03 Å². The number of piperidine rings is 2. The lowest BCUT2D eigenvalue weighted by Gasteiger charge is -2.41. The van der Waals surface area contributed by atoms with Gasteiger partial charge in [-0.25, -0.2) is 9.18 Å². The molecule has 2 amide bonds. The molecule has 0 saturated carbocycles. The van der Waals surface area contributed by atoms with Crippen molar-refractivity contribution < 1.29 is 9.18 Å². The summed E-state index contributed by atoms with van der Waals surface area (Å²) in [6.45, 7) is 6.25. The van der Waals surface area contributed by atoms with Gasteiger partial charge in [-0.1, -0.05) is 0 Å². The molecule has 0 aliphatic carbocycles. The van der Waals surface area contributed by atoms with Crippen LogP contribution in [0.2, 0.25) is 0 Å². The number of nitrogens with one attached hydrogen (secondary N) is 2. The average molecular weight is 348 g/mol. The Balaban J connectivity index is 1.43. The fourth-order valence-electron chi connectivity index (χ4n) is 3.93. The average Bonchev–Trinajstić information content (AvgIpc) is 2.55. The summed E-state index contributed by atoms with van der Waals surface area (Å²) in [7, 11) is 2.19. The Morgan fingerprint density at radius 1 is 1.08 bits per heavy atom. The topological polar surface area (TPSA) is 47.6 Å². The van der Waals surface area contributed by atoms with Gasteiger partial charge in [-0.2, -0.15) is 0 Å². The number of nitrogens with zero attached hydrogens (tertiary/aromatic N) is 2. The van der Waals surface area contributed by atoms with Crippen LogP contribution >= 0.6 is 0 Å². The van der Waals surface area contributed by atoms with Crippen LogP contribution in [0.3, 0.4) is 0 Å². The predicted molar refractivity (Wildman–Crippen MR) is 98.4 cm³/mol. The van der Waals surface area contributed by atoms with Gasteiger partial charge in [-0.3, -0.25) is 0 Å². The smallest absolute Gasteiger partial charge is 0.319 e. The first-order valence-corrected chi connectivity index (χ1v) is 9.27. The maximum Gasteiger partial charge on any atom is 0.319 e. The molecule has 5 nitrogen and oxygen atoms in total. The van der Waals surface area contributed by atoms with Crippen molar-refractivity contribution in [3.05, 3.63) is 29.6 Å². The fourth-order valence-corrected chi connectivity index (χ4v) is 3.93. The molecule has 1 aromatic carbocycles. The van der Waals surface area contributed by atoms with E-state index in [0.717, 1.165) is 31.5 Å². The number of anilines is 1. The molecule has 1 aromatic rings. The van der Waals surface area contributed by atoms with E-state index < -0.39 is 0 Å². The first-order valence-electron chi connectivity index (χ1n) is 9.27. The number of hydrogen-bond donors (Lipinski definition) is 2. The molecule has 2 heterocycles. The molecule has 2 N–H and O–H groups in total. The normalized spacial score (nSPS) is 21.2. The minimum Gasteiger partial charge on any atom is -0.335 e. The Bertz CT molecular complexity index is 573. The molecule has 2 aliphatic rings. The second-order valence-corrected chi connectivity index (χ2v) is 7.46. The molecule has 0 radical (unpaired) electrons. The number of carbonyl (C=O) groups excluding carboxylic acids is 1. The van der Waals surface area contributed by atoms with Crippen LogP contribution in [0.25, 0.3) is 0 Å². The molecule has 0 unspecified atom stereocenters. The van der Waals surface area contributed by atoms with Crippen LogP contribution < -0.4 is 10.6 Å². The van der Waals surface area contributed by atoms with Crippen LogP contribution in [-0.4, -0.2) is 61.1 Å². The van der Waals surface area contributed by atoms with Gasteiger partial charge in [0.05, 0.1) is 0 Å². The standard InChI is InChI=1S/C19H29FN4O/c1-14-11-15(20)13-17(12-14)22-19(25)21-16-3-9-24(10-4-16)18-5-7-23(2)8-6-18/h11-13,16,18H,3-10H2,1-2H3,(H2,21,22,25). The zero-order valence-electron chi connectivity index (χ0n) is 15.2. The quantitative estimate of drug-likeness (QED) is 0.883. The maximum atomic E-state index is 13.4. The zero-order chi connectivity index (χ0) is 17.8. The SMILES string of the molecule is Cc1cc(F)cc(NC(=O)NC2CCN(C3CCN(C)CC3)CC2)c1. The van der Waals surface area contributed by atoms with E-state index in [1.165, 1.54) is 38.1 Å². The number of halogens is 1. The lowest BCUT2D eigenvalue weighted by Crippen LogP contribution is -2.51. The molecule has 2 fully saturated rings. The summed E-state index contributed by atoms with van der Waals surface area (Å²) in [5.74, 6) is -0.332. The number of likely N-dealkylation sites (tertiary alicyclic amines) is 2. The van der Waals surface area contributed by atoms with Crippen LogP contribution in [0.4, 0.5) is 14.9 Å². The zero-order valence-corrected chi connectivity index (χ0v) is 15.2. The van der Waals surface area contributed by atoms with Crippen LogP contribution in [0.15, 0.2) is 18.2 Å². The van der Waals surface area contributed by atoms with Crippen LogP contribution in [-0.2, 0) is 0 Å². The molecule has 6 heteroatoms. The number of carbonyl (C=O) groups is 1. The van der Waals surface area contributed by atoms with Gasteiger partial charge in [-0.05, 0) is 76.5 Å². The third-order valence-electron chi connectivity index (χ3n) is 5.37. The monoisotopic (exact) mass is 348 g/mol. The summed E-state index contributed by atoms with van der Waals surface area (Å²) in [6, 6.07) is 5.20. The Hall–Kier alpha value is -1.66. The Labute approximate surface area is 149 Å². The summed E-state index contributed by atoms with van der Waals surface area (Å²) in [5, 5.41) is 5.77. The predicted octanol–water partition coefficient (Wildman–Crippen LogP) is 2.81. The van der Waals surface area contributed by atoms with Crippen molar-refractivity contribution in [3.63, 3.8) is 0 Å². The Morgan fingerprint density at radius 2 is 1.76 bits per heavy atom. The van der Waals surface area contributed by atoms with Gasteiger partial charge in [0.25, 0.3) is 0 Å². The maximum absolute atomic E-state index is 13.4. The van der Waals surface area contributed by atoms with E-state index in [-0.39, 0.29) is 17.9 Å². The summed E-state index contributed by atoms with van der Waals surface area (Å²) in [5.41, 5.74) is 1.29. The van der Waals surface area contributed by atoms with Gasteiger partial charge < -0.3 is 20.4 Å². The number of amides is 2. The van der Waals surface area contributed by atoms with E-state index in [4.69, 9.17) is 0 Å². The molecule has 2 saturated heterocycles. The van der Waals surface area contributed by atoms with Gasteiger partial charge in [0.15, 0.2) is 0 Å². The van der Waals surface area contributed by atoms with Crippen molar-refractivity contribution in [3.8, 4) is 0 Å². The fraction of sp³-hybridized carbons (Fsp3) is 0.632. The highest BCUT2D eigenvalue weighted by Gasteiger charge is 2.27.